The summed E-state index contributed by atoms with van der Waals surface area (Å²) in [5.41, 5.74) is 3.42. The Kier molecular flexibility index (Phi) is 2.18. The van der Waals surface area contributed by atoms with Crippen LogP contribution in [0.1, 0.15) is 5.56 Å². The predicted octanol–water partition coefficient (Wildman–Crippen LogP) is 2.36. The molecular weight excluding hydrogens is 208 g/mol. The zero-order chi connectivity index (χ0) is 10.3. The zero-order valence-corrected chi connectivity index (χ0v) is 9.30. The van der Waals surface area contributed by atoms with Crippen LogP contribution in [0.3, 0.4) is 0 Å². The van der Waals surface area contributed by atoms with Crippen LogP contribution in [0.25, 0.3) is 11.0 Å². The molecule has 0 bridgehead atoms. The van der Waals surface area contributed by atoms with Gasteiger partial charge >= 0.3 is 0 Å². The second-order valence-corrected chi connectivity index (χ2v) is 4.84. The van der Waals surface area contributed by atoms with E-state index in [1.165, 1.54) is 5.56 Å². The molecule has 3 rings (SSSR count). The van der Waals surface area contributed by atoms with Crippen LogP contribution in [-0.2, 0) is 4.74 Å². The van der Waals surface area contributed by atoms with Crippen LogP contribution in [-0.4, -0.2) is 28.4 Å². The number of thioether (sulfide) groups is 1. The summed E-state index contributed by atoms with van der Waals surface area (Å²) in [6, 6.07) is 6.26. The van der Waals surface area contributed by atoms with Gasteiger partial charge in [0.05, 0.1) is 23.7 Å². The molecule has 1 aromatic heterocycles. The van der Waals surface area contributed by atoms with E-state index in [2.05, 4.69) is 35.1 Å². The van der Waals surface area contributed by atoms with E-state index < -0.39 is 0 Å². The first-order chi connectivity index (χ1) is 7.31. The quantitative estimate of drug-likeness (QED) is 0.637. The van der Waals surface area contributed by atoms with E-state index >= 15 is 0 Å². The fourth-order valence-corrected chi connectivity index (χ4v) is 2.39. The number of nitrogens with zero attached hydrogens (tertiary/aromatic N) is 1. The van der Waals surface area contributed by atoms with Gasteiger partial charge in [-0.1, -0.05) is 17.8 Å². The minimum Gasteiger partial charge on any atom is -0.372 e. The number of imidazole rings is 1. The number of aryl methyl sites for hydroxylation is 1. The molecule has 1 aliphatic heterocycles. The average Bonchev–Trinajstić information content (AvgIpc) is 2.95. The molecule has 0 saturated carbocycles. The van der Waals surface area contributed by atoms with Gasteiger partial charge in [-0.05, 0) is 24.6 Å². The summed E-state index contributed by atoms with van der Waals surface area (Å²) in [6.07, 6.45) is 0.449. The van der Waals surface area contributed by atoms with Gasteiger partial charge in [0.15, 0.2) is 5.16 Å². The number of benzene rings is 1. The molecule has 3 nitrogen and oxygen atoms in total. The van der Waals surface area contributed by atoms with Crippen LogP contribution in [0.2, 0.25) is 0 Å². The van der Waals surface area contributed by atoms with Gasteiger partial charge in [-0.2, -0.15) is 0 Å². The molecule has 4 heteroatoms. The third-order valence-corrected chi connectivity index (χ3v) is 3.43. The smallest absolute Gasteiger partial charge is 0.166 e. The molecule has 1 fully saturated rings. The van der Waals surface area contributed by atoms with E-state index in [0.717, 1.165) is 28.5 Å². The predicted molar refractivity (Wildman–Crippen MR) is 61.3 cm³/mol. The standard InChI is InChI=1S/C11H12N2OS/c1-7-2-3-9-10(4-7)13-11(12-9)15-6-8-5-14-8/h2-4,8H,5-6H2,1H3,(H,12,13). The maximum atomic E-state index is 5.16. The maximum absolute atomic E-state index is 5.16. The van der Waals surface area contributed by atoms with Crippen molar-refractivity contribution in [3.05, 3.63) is 23.8 Å². The lowest BCUT2D eigenvalue weighted by Crippen LogP contribution is -1.88. The highest BCUT2D eigenvalue weighted by atomic mass is 32.2. The fourth-order valence-electron chi connectivity index (χ4n) is 1.50. The van der Waals surface area contributed by atoms with E-state index in [1.54, 1.807) is 11.8 Å². The van der Waals surface area contributed by atoms with Gasteiger partial charge < -0.3 is 9.72 Å². The minimum atomic E-state index is 0.449. The Labute approximate surface area is 92.2 Å². The van der Waals surface area contributed by atoms with E-state index in [-0.39, 0.29) is 0 Å². The molecule has 1 aliphatic rings. The molecule has 0 spiro atoms. The normalized spacial score (nSPS) is 19.7. The van der Waals surface area contributed by atoms with Crippen molar-refractivity contribution >= 4 is 22.8 Å². The van der Waals surface area contributed by atoms with Gasteiger partial charge in [0.25, 0.3) is 0 Å². The molecular formula is C11H12N2OS. The molecule has 0 radical (unpaired) electrons. The lowest BCUT2D eigenvalue weighted by atomic mass is 10.2. The molecule has 2 aromatic rings. The van der Waals surface area contributed by atoms with Crippen molar-refractivity contribution in [1.29, 1.82) is 0 Å². The van der Waals surface area contributed by atoms with Crippen molar-refractivity contribution in [3.8, 4) is 0 Å². The highest BCUT2D eigenvalue weighted by molar-refractivity contribution is 7.99. The van der Waals surface area contributed by atoms with Gasteiger partial charge in [-0.15, -0.1) is 0 Å². The molecule has 78 valence electrons. The first-order valence-corrected chi connectivity index (χ1v) is 6.00. The van der Waals surface area contributed by atoms with E-state index in [9.17, 15) is 0 Å². The van der Waals surface area contributed by atoms with E-state index in [4.69, 9.17) is 4.74 Å². The Balaban J connectivity index is 1.84. The third-order valence-electron chi connectivity index (χ3n) is 2.42. The summed E-state index contributed by atoms with van der Waals surface area (Å²) >= 11 is 1.73. The SMILES string of the molecule is Cc1ccc2nc(SCC3CO3)[nH]c2c1. The number of rotatable bonds is 3. The van der Waals surface area contributed by atoms with Crippen LogP contribution in [0.5, 0.6) is 0 Å². The number of hydrogen-bond acceptors (Lipinski definition) is 3. The maximum Gasteiger partial charge on any atom is 0.166 e. The third kappa shape index (κ3) is 2.01. The highest BCUT2D eigenvalue weighted by Gasteiger charge is 2.22. The fraction of sp³-hybridized carbons (Fsp3) is 0.364. The van der Waals surface area contributed by atoms with Crippen LogP contribution in [0, 0.1) is 6.92 Å². The number of ether oxygens (including phenoxy) is 1. The molecule has 0 amide bonds. The van der Waals surface area contributed by atoms with Crippen LogP contribution < -0.4 is 0 Å². The number of epoxide rings is 1. The summed E-state index contributed by atoms with van der Waals surface area (Å²) in [4.78, 5) is 7.82. The molecule has 2 heterocycles. The Hall–Kier alpha value is -1.00. The van der Waals surface area contributed by atoms with Crippen molar-refractivity contribution in [2.45, 2.75) is 18.2 Å². The molecule has 1 aromatic carbocycles. The van der Waals surface area contributed by atoms with Crippen LogP contribution in [0.15, 0.2) is 23.4 Å². The Bertz CT molecular complexity index is 490. The second-order valence-electron chi connectivity index (χ2n) is 3.83. The van der Waals surface area contributed by atoms with Crippen molar-refractivity contribution < 1.29 is 4.74 Å². The summed E-state index contributed by atoms with van der Waals surface area (Å²) in [5, 5.41) is 0.992. The number of H-pyrrole nitrogens is 1. The average molecular weight is 220 g/mol. The molecule has 1 atom stereocenters. The Morgan fingerprint density at radius 2 is 2.47 bits per heavy atom. The van der Waals surface area contributed by atoms with Crippen molar-refractivity contribution in [3.63, 3.8) is 0 Å². The van der Waals surface area contributed by atoms with Gasteiger partial charge in [0.2, 0.25) is 0 Å². The summed E-state index contributed by atoms with van der Waals surface area (Å²) in [6.45, 7) is 3.00. The lowest BCUT2D eigenvalue weighted by Gasteiger charge is -1.91. The van der Waals surface area contributed by atoms with Crippen molar-refractivity contribution in [2.24, 2.45) is 0 Å². The van der Waals surface area contributed by atoms with Gasteiger partial charge in [-0.25, -0.2) is 4.98 Å². The summed E-state index contributed by atoms with van der Waals surface area (Å²) < 4.78 is 5.16. The van der Waals surface area contributed by atoms with Crippen molar-refractivity contribution in [2.75, 3.05) is 12.4 Å². The number of aromatic amines is 1. The zero-order valence-electron chi connectivity index (χ0n) is 8.49. The first-order valence-electron chi connectivity index (χ1n) is 5.02. The molecule has 15 heavy (non-hydrogen) atoms. The molecule has 1 unspecified atom stereocenters. The molecule has 1 saturated heterocycles. The number of nitrogens with one attached hydrogen (secondary N) is 1. The van der Waals surface area contributed by atoms with Gasteiger partial charge in [0.1, 0.15) is 0 Å². The van der Waals surface area contributed by atoms with Crippen molar-refractivity contribution in [1.82, 2.24) is 9.97 Å². The topological polar surface area (TPSA) is 41.2 Å². The van der Waals surface area contributed by atoms with E-state index in [1.807, 2.05) is 0 Å². The lowest BCUT2D eigenvalue weighted by molar-refractivity contribution is 0.426. The number of hydrogen-bond donors (Lipinski definition) is 1. The Morgan fingerprint density at radius 3 is 3.27 bits per heavy atom. The summed E-state index contributed by atoms with van der Waals surface area (Å²) in [5.74, 6) is 0.999. The van der Waals surface area contributed by atoms with Crippen LogP contribution in [0.4, 0.5) is 0 Å². The minimum absolute atomic E-state index is 0.449. The molecule has 0 aliphatic carbocycles. The van der Waals surface area contributed by atoms with E-state index in [0.29, 0.717) is 6.10 Å². The first kappa shape index (κ1) is 9.24. The van der Waals surface area contributed by atoms with Crippen LogP contribution >= 0.6 is 11.8 Å². The highest BCUT2D eigenvalue weighted by Crippen LogP contribution is 2.24. The number of aromatic nitrogens is 2. The van der Waals surface area contributed by atoms with Gasteiger partial charge in [0, 0.05) is 5.75 Å². The van der Waals surface area contributed by atoms with Gasteiger partial charge in [-0.3, -0.25) is 0 Å². The largest absolute Gasteiger partial charge is 0.372 e. The Morgan fingerprint density at radius 1 is 1.60 bits per heavy atom. The molecule has 1 N–H and O–H groups in total. The second kappa shape index (κ2) is 3.54. The number of fused-ring (bicyclic) bond motifs is 1. The summed E-state index contributed by atoms with van der Waals surface area (Å²) in [7, 11) is 0. The monoisotopic (exact) mass is 220 g/mol.